The van der Waals surface area contributed by atoms with Crippen molar-refractivity contribution in [1.29, 1.82) is 0 Å². The normalized spacial score (nSPS) is 15.7. The Morgan fingerprint density at radius 3 is 2.68 bits per heavy atom. The van der Waals surface area contributed by atoms with Crippen LogP contribution in [0.2, 0.25) is 0 Å². The zero-order valence-corrected chi connectivity index (χ0v) is 13.3. The summed E-state index contributed by atoms with van der Waals surface area (Å²) in [6, 6.07) is 4.24. The third-order valence-corrected chi connectivity index (χ3v) is 4.39. The smallest absolute Gasteiger partial charge is 0.264 e. The van der Waals surface area contributed by atoms with Crippen LogP contribution in [0.15, 0.2) is 23.1 Å². The van der Waals surface area contributed by atoms with E-state index in [-0.39, 0.29) is 4.90 Å². The third-order valence-electron chi connectivity index (χ3n) is 3.05. The van der Waals surface area contributed by atoms with Gasteiger partial charge in [-0.15, -0.1) is 0 Å². The maximum Gasteiger partial charge on any atom is 0.264 e. The summed E-state index contributed by atoms with van der Waals surface area (Å²) >= 11 is 0. The summed E-state index contributed by atoms with van der Waals surface area (Å²) in [6.07, 6.45) is -0.125. The fraction of sp³-hybridized carbons (Fsp3) is 0.500. The Morgan fingerprint density at radius 2 is 2.00 bits per heavy atom. The van der Waals surface area contributed by atoms with Gasteiger partial charge in [0.25, 0.3) is 15.9 Å². The van der Waals surface area contributed by atoms with Crippen LogP contribution in [-0.2, 0) is 19.6 Å². The molecule has 1 atom stereocenters. The predicted octanol–water partition coefficient (Wildman–Crippen LogP) is 1.08. The van der Waals surface area contributed by atoms with E-state index in [1.807, 2.05) is 4.72 Å². The highest BCUT2D eigenvalue weighted by molar-refractivity contribution is 7.90. The Hall–Kier alpha value is -1.80. The quantitative estimate of drug-likeness (QED) is 0.869. The minimum atomic E-state index is -3.98. The summed E-state index contributed by atoms with van der Waals surface area (Å²) in [4.78, 5) is 11.7. The van der Waals surface area contributed by atoms with Crippen molar-refractivity contribution in [2.75, 3.05) is 19.8 Å². The van der Waals surface area contributed by atoms with Gasteiger partial charge in [0.2, 0.25) is 0 Å². The van der Waals surface area contributed by atoms with Crippen molar-refractivity contribution in [1.82, 2.24) is 4.72 Å². The van der Waals surface area contributed by atoms with Crippen molar-refractivity contribution in [2.24, 2.45) is 0 Å². The van der Waals surface area contributed by atoms with Crippen LogP contribution in [0.25, 0.3) is 0 Å². The van der Waals surface area contributed by atoms with Gasteiger partial charge in [0.15, 0.2) is 11.5 Å². The van der Waals surface area contributed by atoms with Gasteiger partial charge in [-0.25, -0.2) is 13.1 Å². The second-order valence-electron chi connectivity index (χ2n) is 4.73. The van der Waals surface area contributed by atoms with Gasteiger partial charge in [-0.2, -0.15) is 0 Å². The van der Waals surface area contributed by atoms with E-state index in [4.69, 9.17) is 14.2 Å². The van der Waals surface area contributed by atoms with E-state index >= 15 is 0 Å². The number of sulfonamides is 1. The first kappa shape index (κ1) is 16.6. The number of amides is 1. The summed E-state index contributed by atoms with van der Waals surface area (Å²) in [6.45, 7) is 4.50. The Balaban J connectivity index is 2.19. The summed E-state index contributed by atoms with van der Waals surface area (Å²) < 4.78 is 42.4. The fourth-order valence-corrected chi connectivity index (χ4v) is 2.97. The lowest BCUT2D eigenvalue weighted by Crippen LogP contribution is -2.38. The van der Waals surface area contributed by atoms with E-state index in [9.17, 15) is 13.2 Å². The van der Waals surface area contributed by atoms with Gasteiger partial charge in [-0.05, 0) is 26.0 Å². The molecular weight excluding hydrogens is 310 g/mol. The molecule has 1 N–H and O–H groups in total. The zero-order valence-electron chi connectivity index (χ0n) is 12.5. The van der Waals surface area contributed by atoms with Gasteiger partial charge in [0.1, 0.15) is 6.10 Å². The van der Waals surface area contributed by atoms with Gasteiger partial charge >= 0.3 is 0 Å². The molecule has 0 spiro atoms. The predicted molar refractivity (Wildman–Crippen MR) is 78.5 cm³/mol. The zero-order chi connectivity index (χ0) is 16.2. The Bertz CT molecular complexity index is 643. The Morgan fingerprint density at radius 1 is 1.32 bits per heavy atom. The number of nitrogens with one attached hydrogen (secondary N) is 1. The van der Waals surface area contributed by atoms with Crippen LogP contribution in [0, 0.1) is 0 Å². The van der Waals surface area contributed by atoms with Crippen LogP contribution < -0.4 is 14.2 Å². The highest BCUT2D eigenvalue weighted by atomic mass is 32.2. The van der Waals surface area contributed by atoms with Crippen molar-refractivity contribution in [3.05, 3.63) is 18.2 Å². The summed E-state index contributed by atoms with van der Waals surface area (Å²) in [7, 11) is -3.98. The molecule has 0 saturated heterocycles. The minimum absolute atomic E-state index is 0.0613. The molecule has 0 saturated carbocycles. The standard InChI is InChI=1S/C14H19NO6S/c1-3-19-10(2)14(16)15-22(17,18)11-5-6-12-13(9-11)21-8-4-7-20-12/h5-6,9-10H,3-4,7-8H2,1-2H3,(H,15,16). The third kappa shape index (κ3) is 3.89. The van der Waals surface area contributed by atoms with E-state index in [2.05, 4.69) is 0 Å². The second kappa shape index (κ2) is 6.97. The molecule has 0 bridgehead atoms. The molecule has 1 aliphatic heterocycles. The van der Waals surface area contributed by atoms with Gasteiger partial charge in [-0.1, -0.05) is 0 Å². The molecule has 1 unspecified atom stereocenters. The molecule has 122 valence electrons. The van der Waals surface area contributed by atoms with Gasteiger partial charge < -0.3 is 14.2 Å². The number of hydrogen-bond donors (Lipinski definition) is 1. The van der Waals surface area contributed by atoms with Crippen LogP contribution in [0.5, 0.6) is 11.5 Å². The lowest BCUT2D eigenvalue weighted by molar-refractivity contribution is -0.129. The van der Waals surface area contributed by atoms with Crippen LogP contribution in [-0.4, -0.2) is 40.2 Å². The number of fused-ring (bicyclic) bond motifs is 1. The van der Waals surface area contributed by atoms with Crippen LogP contribution in [0.1, 0.15) is 20.3 Å². The molecule has 1 aliphatic rings. The summed E-state index contributed by atoms with van der Waals surface area (Å²) in [5, 5.41) is 0. The van der Waals surface area contributed by atoms with Gasteiger partial charge in [-0.3, -0.25) is 4.79 Å². The van der Waals surface area contributed by atoms with E-state index in [1.54, 1.807) is 6.92 Å². The van der Waals surface area contributed by atoms with Gasteiger partial charge in [0.05, 0.1) is 18.1 Å². The molecule has 0 fully saturated rings. The van der Waals surface area contributed by atoms with Crippen molar-refractivity contribution >= 4 is 15.9 Å². The van der Waals surface area contributed by atoms with E-state index in [1.165, 1.54) is 25.1 Å². The monoisotopic (exact) mass is 329 g/mol. The SMILES string of the molecule is CCOC(C)C(=O)NS(=O)(=O)c1ccc2c(c1)OCCCO2. The first-order valence-corrected chi connectivity index (χ1v) is 8.50. The lowest BCUT2D eigenvalue weighted by Gasteiger charge is -2.13. The molecular formula is C14H19NO6S. The van der Waals surface area contributed by atoms with Crippen LogP contribution in [0.4, 0.5) is 0 Å². The van der Waals surface area contributed by atoms with Crippen LogP contribution in [0.3, 0.4) is 0 Å². The number of hydrogen-bond acceptors (Lipinski definition) is 6. The average Bonchev–Trinajstić information content (AvgIpc) is 2.71. The number of ether oxygens (including phenoxy) is 3. The van der Waals surface area contributed by atoms with E-state index in [0.29, 0.717) is 31.3 Å². The molecule has 0 radical (unpaired) electrons. The number of rotatable bonds is 5. The summed E-state index contributed by atoms with van der Waals surface area (Å²) in [5.41, 5.74) is 0. The summed E-state index contributed by atoms with van der Waals surface area (Å²) in [5.74, 6) is 0.130. The van der Waals surface area contributed by atoms with Gasteiger partial charge in [0, 0.05) is 19.1 Å². The molecule has 7 nitrogen and oxygen atoms in total. The van der Waals surface area contributed by atoms with Crippen LogP contribution >= 0.6 is 0 Å². The first-order chi connectivity index (χ1) is 10.4. The average molecular weight is 329 g/mol. The molecule has 8 heteroatoms. The molecule has 22 heavy (non-hydrogen) atoms. The molecule has 1 aromatic carbocycles. The van der Waals surface area contributed by atoms with Crippen molar-refractivity contribution < 1.29 is 27.4 Å². The van der Waals surface area contributed by atoms with E-state index in [0.717, 1.165) is 6.42 Å². The van der Waals surface area contributed by atoms with Crippen molar-refractivity contribution in [2.45, 2.75) is 31.3 Å². The number of benzene rings is 1. The largest absolute Gasteiger partial charge is 0.490 e. The molecule has 0 aromatic heterocycles. The molecule has 0 aliphatic carbocycles. The minimum Gasteiger partial charge on any atom is -0.490 e. The topological polar surface area (TPSA) is 90.9 Å². The maximum atomic E-state index is 12.2. The Labute approximate surface area is 129 Å². The van der Waals surface area contributed by atoms with Crippen molar-refractivity contribution in [3.63, 3.8) is 0 Å². The highest BCUT2D eigenvalue weighted by Gasteiger charge is 2.23. The van der Waals surface area contributed by atoms with Crippen molar-refractivity contribution in [3.8, 4) is 11.5 Å². The fourth-order valence-electron chi connectivity index (χ4n) is 1.91. The Kier molecular flexibility index (Phi) is 5.25. The molecule has 1 aromatic rings. The maximum absolute atomic E-state index is 12.2. The van der Waals surface area contributed by atoms with E-state index < -0.39 is 22.0 Å². The molecule has 1 heterocycles. The molecule has 2 rings (SSSR count). The highest BCUT2D eigenvalue weighted by Crippen LogP contribution is 2.31. The number of carbonyl (C=O) groups excluding carboxylic acids is 1. The first-order valence-electron chi connectivity index (χ1n) is 7.02. The lowest BCUT2D eigenvalue weighted by atomic mass is 10.3. The molecule has 1 amide bonds. The number of carbonyl (C=O) groups is 1. The second-order valence-corrected chi connectivity index (χ2v) is 6.41.